The number of hydrogen-bond donors (Lipinski definition) is 4. The van der Waals surface area contributed by atoms with Gasteiger partial charge in [-0.3, -0.25) is 21.5 Å². The van der Waals surface area contributed by atoms with Crippen LogP contribution >= 0.6 is 0 Å². The number of amides is 4. The first kappa shape index (κ1) is 39.3. The zero-order valence-corrected chi connectivity index (χ0v) is 31.0. The van der Waals surface area contributed by atoms with Gasteiger partial charge in [-0.25, -0.2) is 29.0 Å². The van der Waals surface area contributed by atoms with Gasteiger partial charge >= 0.3 is 24.4 Å². The monoisotopic (exact) mass is 694 g/mol. The van der Waals surface area contributed by atoms with Crippen molar-refractivity contribution in [3.8, 4) is 0 Å². The summed E-state index contributed by atoms with van der Waals surface area (Å²) in [5, 5.41) is 21.9. The average molecular weight is 695 g/mol. The molecule has 0 heterocycles. The van der Waals surface area contributed by atoms with Crippen molar-refractivity contribution in [1.29, 1.82) is 10.8 Å². The minimum Gasteiger partial charge on any atom is -0.444 e. The molecule has 4 N–H and O–H groups in total. The fourth-order valence-corrected chi connectivity index (χ4v) is 4.77. The van der Waals surface area contributed by atoms with E-state index in [9.17, 15) is 19.2 Å². The fraction of sp³-hybridized carbons (Fsp3) is 0.500. The van der Waals surface area contributed by atoms with Crippen molar-refractivity contribution in [1.82, 2.24) is 10.6 Å². The maximum atomic E-state index is 13.3. The standard InChI is InChI=1S/C36H50N6O8/c1-33(2,3)47-29(43)39-27(37)41(31(45)49-35(7,8)9)25-15-13-21-18-24-20-26(16-14-22(24)17-23(21)19-25)42(32(46)50-36(10,11)12)28(38)40-30(44)48-34(4,5)6/h13-16,19-20H,17-18H2,1-12H3,(H2,37,39,43)(H2,38,40,44). The number of anilines is 2. The van der Waals surface area contributed by atoms with Gasteiger partial charge in [0, 0.05) is 0 Å². The highest BCUT2D eigenvalue weighted by Gasteiger charge is 2.32. The molecule has 0 saturated heterocycles. The van der Waals surface area contributed by atoms with Gasteiger partial charge in [-0.05, 0) is 142 Å². The van der Waals surface area contributed by atoms with E-state index in [0.29, 0.717) is 24.2 Å². The lowest BCUT2D eigenvalue weighted by Crippen LogP contribution is -2.49. The second-order valence-electron chi connectivity index (χ2n) is 15.8. The van der Waals surface area contributed by atoms with Gasteiger partial charge in [0.2, 0.25) is 11.9 Å². The van der Waals surface area contributed by atoms with Crippen LogP contribution in [0, 0.1) is 10.8 Å². The van der Waals surface area contributed by atoms with Crippen molar-refractivity contribution in [2.45, 2.75) is 118 Å². The predicted octanol–water partition coefficient (Wildman–Crippen LogP) is 7.58. The van der Waals surface area contributed by atoms with Gasteiger partial charge in [-0.1, -0.05) is 12.1 Å². The first-order chi connectivity index (χ1) is 22.7. The van der Waals surface area contributed by atoms with Crippen molar-refractivity contribution in [3.63, 3.8) is 0 Å². The number of carbonyl (C=O) groups is 4. The van der Waals surface area contributed by atoms with E-state index in [1.807, 2.05) is 12.1 Å². The summed E-state index contributed by atoms with van der Waals surface area (Å²) >= 11 is 0. The Bertz CT molecular complexity index is 1550. The SMILES string of the molecule is CC(C)(C)OC(=O)NC(=N)N(C(=O)OC(C)(C)C)c1ccc2c(c1)Cc1ccc(N(C(=N)NC(=O)OC(C)(C)C)C(=O)OC(C)(C)C)cc1C2. The number of guanidine groups is 2. The third kappa shape index (κ3) is 11.5. The highest BCUT2D eigenvalue weighted by molar-refractivity contribution is 6.17. The van der Waals surface area contributed by atoms with Crippen LogP contribution in [0.5, 0.6) is 0 Å². The van der Waals surface area contributed by atoms with Crippen LogP contribution in [-0.2, 0) is 31.8 Å². The van der Waals surface area contributed by atoms with E-state index < -0.39 is 58.7 Å². The molecule has 1 aliphatic carbocycles. The molecular weight excluding hydrogens is 644 g/mol. The molecule has 0 fully saturated rings. The van der Waals surface area contributed by atoms with Gasteiger partial charge in [0.15, 0.2) is 0 Å². The number of hydrogen-bond acceptors (Lipinski definition) is 10. The Balaban J connectivity index is 1.95. The molecule has 0 radical (unpaired) electrons. The minimum atomic E-state index is -0.895. The number of fused-ring (bicyclic) bond motifs is 2. The highest BCUT2D eigenvalue weighted by atomic mass is 16.6. The fourth-order valence-electron chi connectivity index (χ4n) is 4.77. The quantitative estimate of drug-likeness (QED) is 0.120. The lowest BCUT2D eigenvalue weighted by molar-refractivity contribution is 0.0539. The molecule has 14 nitrogen and oxygen atoms in total. The number of nitrogens with zero attached hydrogens (tertiary/aromatic N) is 2. The van der Waals surface area contributed by atoms with Crippen LogP contribution in [0.25, 0.3) is 0 Å². The van der Waals surface area contributed by atoms with Gasteiger partial charge < -0.3 is 18.9 Å². The van der Waals surface area contributed by atoms with E-state index in [1.54, 1.807) is 107 Å². The Morgan fingerprint density at radius 3 is 1.10 bits per heavy atom. The van der Waals surface area contributed by atoms with E-state index in [4.69, 9.17) is 29.8 Å². The number of rotatable bonds is 2. The number of ether oxygens (including phenoxy) is 4. The third-order valence-electron chi connectivity index (χ3n) is 6.50. The summed E-state index contributed by atoms with van der Waals surface area (Å²) < 4.78 is 21.7. The average Bonchev–Trinajstić information content (AvgIpc) is 2.87. The third-order valence-corrected chi connectivity index (χ3v) is 6.50. The second kappa shape index (κ2) is 14.4. The maximum Gasteiger partial charge on any atom is 0.421 e. The second-order valence-corrected chi connectivity index (χ2v) is 15.8. The Morgan fingerprint density at radius 2 is 0.820 bits per heavy atom. The Kier molecular flexibility index (Phi) is 11.3. The topological polar surface area (TPSA) is 183 Å². The largest absolute Gasteiger partial charge is 0.444 e. The Labute approximate surface area is 293 Å². The highest BCUT2D eigenvalue weighted by Crippen LogP contribution is 2.33. The van der Waals surface area contributed by atoms with Crippen molar-refractivity contribution >= 4 is 47.7 Å². The number of nitrogens with one attached hydrogen (secondary N) is 4. The first-order valence-electron chi connectivity index (χ1n) is 16.2. The Hall–Kier alpha value is -5.14. The van der Waals surface area contributed by atoms with Crippen LogP contribution in [0.3, 0.4) is 0 Å². The molecule has 14 heteroatoms. The molecule has 0 aromatic heterocycles. The zero-order chi connectivity index (χ0) is 38.0. The summed E-state index contributed by atoms with van der Waals surface area (Å²) in [6, 6.07) is 10.4. The van der Waals surface area contributed by atoms with Gasteiger partial charge in [0.25, 0.3) is 0 Å². The van der Waals surface area contributed by atoms with Gasteiger partial charge in [0.05, 0.1) is 11.4 Å². The van der Waals surface area contributed by atoms with Crippen LogP contribution < -0.4 is 20.4 Å². The van der Waals surface area contributed by atoms with E-state index in [-0.39, 0.29) is 0 Å². The molecule has 2 aromatic rings. The molecular formula is C36H50N6O8. The molecule has 0 saturated carbocycles. The molecule has 0 bridgehead atoms. The zero-order valence-electron chi connectivity index (χ0n) is 31.0. The Morgan fingerprint density at radius 1 is 0.520 bits per heavy atom. The normalized spacial score (nSPS) is 12.7. The van der Waals surface area contributed by atoms with Crippen LogP contribution in [0.15, 0.2) is 36.4 Å². The van der Waals surface area contributed by atoms with Crippen molar-refractivity contribution in [2.24, 2.45) is 0 Å². The minimum absolute atomic E-state index is 0.303. The lowest BCUT2D eigenvalue weighted by Gasteiger charge is -2.30. The summed E-state index contributed by atoms with van der Waals surface area (Å²) in [6.45, 7) is 20.3. The molecule has 4 amide bonds. The lowest BCUT2D eigenvalue weighted by atomic mass is 9.85. The molecule has 2 aromatic carbocycles. The summed E-state index contributed by atoms with van der Waals surface area (Å²) in [5.41, 5.74) is 0.775. The molecule has 3 rings (SSSR count). The molecule has 0 atom stereocenters. The molecule has 0 spiro atoms. The summed E-state index contributed by atoms with van der Waals surface area (Å²) in [6.07, 6.45) is -2.63. The first-order valence-corrected chi connectivity index (χ1v) is 16.2. The van der Waals surface area contributed by atoms with Gasteiger partial charge in [0.1, 0.15) is 22.4 Å². The number of alkyl carbamates (subject to hydrolysis) is 2. The molecule has 50 heavy (non-hydrogen) atoms. The molecule has 0 unspecified atom stereocenters. The summed E-state index contributed by atoms with van der Waals surface area (Å²) in [4.78, 5) is 53.6. The van der Waals surface area contributed by atoms with Crippen molar-refractivity contribution in [2.75, 3.05) is 9.80 Å². The van der Waals surface area contributed by atoms with E-state index in [2.05, 4.69) is 10.6 Å². The molecule has 1 aliphatic rings. The smallest absolute Gasteiger partial charge is 0.421 e. The summed E-state index contributed by atoms with van der Waals surface area (Å²) in [5.74, 6) is -1.09. The number of benzene rings is 2. The van der Waals surface area contributed by atoms with Gasteiger partial charge in [-0.15, -0.1) is 0 Å². The van der Waals surface area contributed by atoms with Crippen molar-refractivity contribution in [3.05, 3.63) is 58.7 Å². The predicted molar refractivity (Wildman–Crippen MR) is 190 cm³/mol. The maximum absolute atomic E-state index is 13.3. The van der Waals surface area contributed by atoms with E-state index >= 15 is 0 Å². The van der Waals surface area contributed by atoms with Crippen molar-refractivity contribution < 1.29 is 38.1 Å². The molecule has 0 aliphatic heterocycles. The van der Waals surface area contributed by atoms with Crippen LogP contribution in [0.2, 0.25) is 0 Å². The van der Waals surface area contributed by atoms with Crippen LogP contribution in [0.1, 0.15) is 105 Å². The summed E-state index contributed by atoms with van der Waals surface area (Å²) in [7, 11) is 0. The van der Waals surface area contributed by atoms with Crippen LogP contribution in [-0.4, -0.2) is 58.7 Å². The number of carbonyl (C=O) groups excluding carboxylic acids is 4. The van der Waals surface area contributed by atoms with E-state index in [0.717, 1.165) is 32.1 Å². The van der Waals surface area contributed by atoms with Crippen LogP contribution in [0.4, 0.5) is 30.6 Å². The van der Waals surface area contributed by atoms with Gasteiger partial charge in [-0.2, -0.15) is 0 Å². The molecule has 272 valence electrons. The van der Waals surface area contributed by atoms with E-state index in [1.165, 1.54) is 0 Å².